The molecule has 0 bridgehead atoms. The summed E-state index contributed by atoms with van der Waals surface area (Å²) in [6.07, 6.45) is 0. The molecule has 1 aromatic carbocycles. The monoisotopic (exact) mass is 286 g/mol. The summed E-state index contributed by atoms with van der Waals surface area (Å²) in [7, 11) is 0. The van der Waals surface area contributed by atoms with Crippen molar-refractivity contribution in [3.63, 3.8) is 0 Å². The van der Waals surface area contributed by atoms with Crippen molar-refractivity contribution in [3.8, 4) is 6.07 Å². The predicted molar refractivity (Wildman–Crippen MR) is 61.6 cm³/mol. The van der Waals surface area contributed by atoms with Gasteiger partial charge >= 0.3 is 29.6 Å². The Hall–Kier alpha value is -1.60. The Morgan fingerprint density at radius 3 is 2.63 bits per heavy atom. The van der Waals surface area contributed by atoms with E-state index < -0.39 is 16.7 Å². The average Bonchev–Trinajstić information content (AvgIpc) is 2.78. The molecule has 90 valence electrons. The van der Waals surface area contributed by atoms with Gasteiger partial charge in [0.05, 0.1) is 22.7 Å². The summed E-state index contributed by atoms with van der Waals surface area (Å²) in [5.41, 5.74) is 5.34. The number of carbonyl (C=O) groups excluding carboxylic acids is 1. The number of nitrogens with two attached hydrogens (primary N) is 1. The normalized spacial score (nSPS) is 11.3. The van der Waals surface area contributed by atoms with E-state index in [0.717, 1.165) is 11.7 Å². The second-order valence-corrected chi connectivity index (χ2v) is 3.89. The van der Waals surface area contributed by atoms with Crippen LogP contribution in [0.2, 0.25) is 0 Å². The van der Waals surface area contributed by atoms with E-state index in [1.54, 1.807) is 6.07 Å². The number of aromatic nitrogens is 2. The van der Waals surface area contributed by atoms with Gasteiger partial charge < -0.3 is 5.73 Å². The first kappa shape index (κ1) is 15.5. The van der Waals surface area contributed by atoms with Crippen molar-refractivity contribution in [1.82, 2.24) is 8.75 Å². The van der Waals surface area contributed by atoms with Gasteiger partial charge in [-0.3, -0.25) is 14.9 Å². The molecule has 2 aromatic rings. The van der Waals surface area contributed by atoms with Crippen LogP contribution < -0.4 is 35.3 Å². The molecule has 0 fully saturated rings. The van der Waals surface area contributed by atoms with Crippen LogP contribution in [-0.2, 0) is 4.79 Å². The summed E-state index contributed by atoms with van der Waals surface area (Å²) in [5, 5.41) is 19.7. The quantitative estimate of drug-likeness (QED) is 0.382. The van der Waals surface area contributed by atoms with Crippen molar-refractivity contribution in [2.75, 3.05) is 0 Å². The SMILES string of the molecule is N#CC(C(N)=O)c1ccc([N+](=O)[O-])c2nsnc12.[Na+]. The molecule has 1 amide bonds. The van der Waals surface area contributed by atoms with Crippen molar-refractivity contribution >= 4 is 34.4 Å². The number of carbonyl (C=O) groups is 1. The first-order valence-corrected chi connectivity index (χ1v) is 5.37. The number of benzene rings is 1. The van der Waals surface area contributed by atoms with E-state index in [1.807, 2.05) is 0 Å². The Balaban J connectivity index is 0.00000180. The molecule has 1 aromatic heterocycles. The standard InChI is InChI=1S/C9H5N5O3S.Na/c10-3-5(9(11)15)4-1-2-6(14(16)17)8-7(4)12-18-13-8;/h1-2,5H,(H2,11,15);/q;+1. The van der Waals surface area contributed by atoms with Crippen LogP contribution in [0.3, 0.4) is 0 Å². The van der Waals surface area contributed by atoms with Gasteiger partial charge in [0.2, 0.25) is 5.91 Å². The first-order chi connectivity index (χ1) is 8.56. The second kappa shape index (κ2) is 6.03. The van der Waals surface area contributed by atoms with Crippen molar-refractivity contribution in [1.29, 1.82) is 5.26 Å². The molecule has 1 atom stereocenters. The third-order valence-electron chi connectivity index (χ3n) is 2.35. The molecule has 0 saturated carbocycles. The van der Waals surface area contributed by atoms with E-state index in [1.165, 1.54) is 12.1 Å². The summed E-state index contributed by atoms with van der Waals surface area (Å²) in [6.45, 7) is 0. The average molecular weight is 286 g/mol. The Labute approximate surface area is 133 Å². The Morgan fingerprint density at radius 1 is 1.47 bits per heavy atom. The number of fused-ring (bicyclic) bond motifs is 1. The Bertz CT molecular complexity index is 695. The minimum absolute atomic E-state index is 0. The molecule has 8 nitrogen and oxygen atoms in total. The van der Waals surface area contributed by atoms with E-state index in [0.29, 0.717) is 0 Å². The molecular formula is C9H5N5NaO3S+. The fraction of sp³-hybridized carbons (Fsp3) is 0.111. The van der Waals surface area contributed by atoms with Crippen LogP contribution in [0.1, 0.15) is 11.5 Å². The van der Waals surface area contributed by atoms with Crippen LogP contribution in [0, 0.1) is 21.4 Å². The summed E-state index contributed by atoms with van der Waals surface area (Å²) in [6, 6.07) is 4.23. The van der Waals surface area contributed by atoms with Crippen LogP contribution in [0.15, 0.2) is 12.1 Å². The first-order valence-electron chi connectivity index (χ1n) is 4.64. The Kier molecular flexibility index (Phi) is 4.90. The van der Waals surface area contributed by atoms with Gasteiger partial charge in [-0.15, -0.1) is 0 Å². The molecule has 2 rings (SSSR count). The van der Waals surface area contributed by atoms with E-state index in [-0.39, 0.29) is 51.8 Å². The molecule has 1 unspecified atom stereocenters. The van der Waals surface area contributed by atoms with Crippen LogP contribution >= 0.6 is 11.7 Å². The van der Waals surface area contributed by atoms with Gasteiger partial charge in [-0.2, -0.15) is 14.0 Å². The predicted octanol–water partition coefficient (Wildman–Crippen LogP) is -2.30. The number of non-ortho nitro benzene ring substituents is 1. The topological polar surface area (TPSA) is 136 Å². The van der Waals surface area contributed by atoms with Crippen molar-refractivity contribution in [2.24, 2.45) is 5.73 Å². The molecule has 1 heterocycles. The van der Waals surface area contributed by atoms with Crippen molar-refractivity contribution < 1.29 is 39.3 Å². The third-order valence-corrected chi connectivity index (χ3v) is 2.88. The zero-order chi connectivity index (χ0) is 13.3. The molecule has 19 heavy (non-hydrogen) atoms. The van der Waals surface area contributed by atoms with Gasteiger partial charge in [-0.1, -0.05) is 0 Å². The van der Waals surface area contributed by atoms with E-state index in [9.17, 15) is 14.9 Å². The number of nitriles is 1. The number of nitrogens with zero attached hydrogens (tertiary/aromatic N) is 4. The van der Waals surface area contributed by atoms with Crippen LogP contribution in [0.4, 0.5) is 5.69 Å². The molecule has 0 aliphatic rings. The summed E-state index contributed by atoms with van der Waals surface area (Å²) < 4.78 is 7.68. The van der Waals surface area contributed by atoms with Gasteiger partial charge in [-0.25, -0.2) is 0 Å². The number of amides is 1. The molecule has 0 radical (unpaired) electrons. The number of rotatable bonds is 3. The second-order valence-electron chi connectivity index (χ2n) is 3.36. The van der Waals surface area contributed by atoms with E-state index >= 15 is 0 Å². The molecule has 2 N–H and O–H groups in total. The summed E-state index contributed by atoms with van der Waals surface area (Å²) in [5.74, 6) is -2.03. The van der Waals surface area contributed by atoms with Gasteiger partial charge in [0.1, 0.15) is 5.52 Å². The summed E-state index contributed by atoms with van der Waals surface area (Å²) >= 11 is 0.772. The van der Waals surface area contributed by atoms with Crippen molar-refractivity contribution in [2.45, 2.75) is 5.92 Å². The molecule has 0 aliphatic carbocycles. The molecule has 0 spiro atoms. The van der Waals surface area contributed by atoms with Crippen LogP contribution in [0.5, 0.6) is 0 Å². The molecular weight excluding hydrogens is 281 g/mol. The number of hydrogen-bond donors (Lipinski definition) is 1. The fourth-order valence-corrected chi connectivity index (χ4v) is 2.12. The molecule has 0 saturated heterocycles. The summed E-state index contributed by atoms with van der Waals surface area (Å²) in [4.78, 5) is 21.3. The van der Waals surface area contributed by atoms with Gasteiger partial charge in [0, 0.05) is 11.6 Å². The largest absolute Gasteiger partial charge is 1.00 e. The van der Waals surface area contributed by atoms with E-state index in [2.05, 4.69) is 8.75 Å². The van der Waals surface area contributed by atoms with Gasteiger partial charge in [-0.05, 0) is 6.07 Å². The van der Waals surface area contributed by atoms with Gasteiger partial charge in [0.25, 0.3) is 5.69 Å². The Morgan fingerprint density at radius 2 is 2.11 bits per heavy atom. The van der Waals surface area contributed by atoms with Crippen LogP contribution in [-0.4, -0.2) is 19.6 Å². The smallest absolute Gasteiger partial charge is 0.368 e. The number of primary amides is 1. The maximum atomic E-state index is 11.1. The number of nitro groups is 1. The van der Waals surface area contributed by atoms with Crippen LogP contribution in [0.25, 0.3) is 11.0 Å². The zero-order valence-electron chi connectivity index (χ0n) is 9.73. The van der Waals surface area contributed by atoms with Crippen molar-refractivity contribution in [3.05, 3.63) is 27.8 Å². The van der Waals surface area contributed by atoms with Gasteiger partial charge in [0.15, 0.2) is 11.4 Å². The minimum atomic E-state index is -1.20. The number of nitro benzene ring substituents is 1. The number of hydrogen-bond acceptors (Lipinski definition) is 7. The van der Waals surface area contributed by atoms with E-state index in [4.69, 9.17) is 11.0 Å². The maximum absolute atomic E-state index is 11.1. The molecule has 0 aliphatic heterocycles. The third kappa shape index (κ3) is 2.71. The maximum Gasteiger partial charge on any atom is 1.00 e. The minimum Gasteiger partial charge on any atom is -0.368 e. The molecule has 10 heteroatoms. The fourth-order valence-electron chi connectivity index (χ4n) is 1.54. The zero-order valence-corrected chi connectivity index (χ0v) is 12.5.